The Labute approximate surface area is 125 Å². The first-order chi connectivity index (χ1) is 10.8. The summed E-state index contributed by atoms with van der Waals surface area (Å²) < 4.78 is 15.9. The second-order valence-electron chi connectivity index (χ2n) is 5.11. The number of fused-ring (bicyclic) bond motifs is 3. The van der Waals surface area contributed by atoms with Crippen molar-refractivity contribution in [1.82, 2.24) is 24.9 Å². The molecule has 8 heteroatoms. The summed E-state index contributed by atoms with van der Waals surface area (Å²) in [5, 5.41) is 17.0. The van der Waals surface area contributed by atoms with Crippen LogP contribution < -0.4 is 10.2 Å². The summed E-state index contributed by atoms with van der Waals surface area (Å²) >= 11 is 0. The van der Waals surface area contributed by atoms with Crippen LogP contribution in [-0.2, 0) is 0 Å². The zero-order chi connectivity index (χ0) is 15.1. The summed E-state index contributed by atoms with van der Waals surface area (Å²) in [6.07, 6.45) is 1.42. The van der Waals surface area contributed by atoms with E-state index in [4.69, 9.17) is 5.26 Å². The highest BCUT2D eigenvalue weighted by Gasteiger charge is 2.20. The van der Waals surface area contributed by atoms with Crippen LogP contribution in [0.2, 0.25) is 0 Å². The van der Waals surface area contributed by atoms with Gasteiger partial charge in [-0.25, -0.2) is 14.4 Å². The molecule has 1 fully saturated rings. The van der Waals surface area contributed by atoms with Gasteiger partial charge >= 0.3 is 0 Å². The fourth-order valence-corrected chi connectivity index (χ4v) is 2.74. The van der Waals surface area contributed by atoms with Gasteiger partial charge in [-0.2, -0.15) is 14.9 Å². The van der Waals surface area contributed by atoms with Crippen molar-refractivity contribution in [2.24, 2.45) is 0 Å². The average Bonchev–Trinajstić information content (AvgIpc) is 3.05. The fraction of sp³-hybridized carbons (Fsp3) is 0.286. The van der Waals surface area contributed by atoms with Gasteiger partial charge in [0.25, 0.3) is 0 Å². The first-order valence-electron chi connectivity index (χ1n) is 6.96. The molecule has 0 atom stereocenters. The lowest BCUT2D eigenvalue weighted by Crippen LogP contribution is -2.44. The van der Waals surface area contributed by atoms with E-state index >= 15 is 0 Å². The van der Waals surface area contributed by atoms with Gasteiger partial charge in [-0.05, 0) is 12.1 Å². The van der Waals surface area contributed by atoms with E-state index < -0.39 is 5.82 Å². The minimum absolute atomic E-state index is 0.216. The molecule has 2 aromatic heterocycles. The minimum atomic E-state index is -0.518. The van der Waals surface area contributed by atoms with Crippen LogP contribution in [-0.4, -0.2) is 45.8 Å². The summed E-state index contributed by atoms with van der Waals surface area (Å²) in [4.78, 5) is 10.7. The molecule has 4 rings (SSSR count). The van der Waals surface area contributed by atoms with E-state index in [0.29, 0.717) is 17.0 Å². The number of hydrogen-bond acceptors (Lipinski definition) is 6. The van der Waals surface area contributed by atoms with Crippen molar-refractivity contribution < 1.29 is 4.39 Å². The SMILES string of the molecule is N#Cc1cc(F)c2nc(N3CCNCC3)n3ncnc3c2c1. The predicted molar refractivity (Wildman–Crippen MR) is 78.0 cm³/mol. The maximum absolute atomic E-state index is 14.3. The molecule has 3 heterocycles. The van der Waals surface area contributed by atoms with Crippen LogP contribution in [0.1, 0.15) is 5.56 Å². The van der Waals surface area contributed by atoms with Gasteiger partial charge < -0.3 is 10.2 Å². The molecular weight excluding hydrogens is 285 g/mol. The maximum atomic E-state index is 14.3. The Balaban J connectivity index is 2.03. The average molecular weight is 297 g/mol. The van der Waals surface area contributed by atoms with Crippen molar-refractivity contribution >= 4 is 22.5 Å². The molecule has 0 aliphatic carbocycles. The van der Waals surface area contributed by atoms with Crippen molar-refractivity contribution in [2.45, 2.75) is 0 Å². The third-order valence-corrected chi connectivity index (χ3v) is 3.78. The smallest absolute Gasteiger partial charge is 0.229 e. The number of benzene rings is 1. The lowest BCUT2D eigenvalue weighted by Gasteiger charge is -2.28. The number of anilines is 1. The fourth-order valence-electron chi connectivity index (χ4n) is 2.74. The Morgan fingerprint density at radius 2 is 2.09 bits per heavy atom. The third-order valence-electron chi connectivity index (χ3n) is 3.78. The zero-order valence-corrected chi connectivity index (χ0v) is 11.6. The van der Waals surface area contributed by atoms with E-state index in [-0.39, 0.29) is 11.1 Å². The highest BCUT2D eigenvalue weighted by atomic mass is 19.1. The zero-order valence-electron chi connectivity index (χ0n) is 11.6. The molecule has 1 N–H and O–H groups in total. The Morgan fingerprint density at radius 1 is 1.27 bits per heavy atom. The van der Waals surface area contributed by atoms with Crippen LogP contribution in [0.25, 0.3) is 16.6 Å². The van der Waals surface area contributed by atoms with Crippen LogP contribution in [0.4, 0.5) is 10.3 Å². The molecule has 110 valence electrons. The topological polar surface area (TPSA) is 82.1 Å². The van der Waals surface area contributed by atoms with Gasteiger partial charge in [0.05, 0.1) is 11.6 Å². The standard InChI is InChI=1S/C14H12FN7/c15-11-6-9(7-16)5-10-12(11)20-14(21-3-1-17-2-4-21)22-13(10)18-8-19-22/h5-6,8,17H,1-4H2. The molecule has 7 nitrogen and oxygen atoms in total. The molecule has 1 aliphatic rings. The second-order valence-corrected chi connectivity index (χ2v) is 5.11. The summed E-state index contributed by atoms with van der Waals surface area (Å²) in [5.74, 6) is 0.0565. The first kappa shape index (κ1) is 12.9. The van der Waals surface area contributed by atoms with E-state index in [1.165, 1.54) is 12.4 Å². The molecule has 0 bridgehead atoms. The van der Waals surface area contributed by atoms with Crippen LogP contribution in [0.15, 0.2) is 18.5 Å². The van der Waals surface area contributed by atoms with E-state index in [1.807, 2.05) is 6.07 Å². The van der Waals surface area contributed by atoms with Crippen molar-refractivity contribution in [3.05, 3.63) is 29.8 Å². The van der Waals surface area contributed by atoms with Crippen LogP contribution in [0.3, 0.4) is 0 Å². The number of nitriles is 1. The summed E-state index contributed by atoms with van der Waals surface area (Å²) in [5.41, 5.74) is 0.967. The molecular formula is C14H12FN7. The van der Waals surface area contributed by atoms with Gasteiger partial charge in [0, 0.05) is 31.6 Å². The van der Waals surface area contributed by atoms with Gasteiger partial charge in [-0.15, -0.1) is 0 Å². The number of hydrogen-bond donors (Lipinski definition) is 1. The number of nitrogens with zero attached hydrogens (tertiary/aromatic N) is 6. The van der Waals surface area contributed by atoms with Gasteiger partial charge in [-0.3, -0.25) is 0 Å². The maximum Gasteiger partial charge on any atom is 0.229 e. The molecule has 0 saturated carbocycles. The molecule has 3 aromatic rings. The Kier molecular flexibility index (Phi) is 2.87. The Hall–Kier alpha value is -2.79. The molecule has 0 unspecified atom stereocenters. The second kappa shape index (κ2) is 4.89. The molecule has 1 saturated heterocycles. The summed E-state index contributed by atoms with van der Waals surface area (Å²) in [7, 11) is 0. The van der Waals surface area contributed by atoms with Crippen LogP contribution >= 0.6 is 0 Å². The quantitative estimate of drug-likeness (QED) is 0.712. The van der Waals surface area contributed by atoms with Gasteiger partial charge in [0.1, 0.15) is 11.8 Å². The molecule has 1 aromatic carbocycles. The minimum Gasteiger partial charge on any atom is -0.338 e. The normalized spacial score (nSPS) is 15.4. The van der Waals surface area contributed by atoms with E-state index in [1.54, 1.807) is 10.6 Å². The number of nitrogens with one attached hydrogen (secondary N) is 1. The van der Waals surface area contributed by atoms with E-state index in [2.05, 4.69) is 25.3 Å². The van der Waals surface area contributed by atoms with Crippen molar-refractivity contribution in [3.63, 3.8) is 0 Å². The highest BCUT2D eigenvalue weighted by Crippen LogP contribution is 2.25. The summed E-state index contributed by atoms with van der Waals surface area (Å²) in [6, 6.07) is 4.74. The van der Waals surface area contributed by atoms with Crippen LogP contribution in [0, 0.1) is 17.1 Å². The van der Waals surface area contributed by atoms with Crippen molar-refractivity contribution in [2.75, 3.05) is 31.1 Å². The third kappa shape index (κ3) is 1.87. The molecule has 22 heavy (non-hydrogen) atoms. The lowest BCUT2D eigenvalue weighted by molar-refractivity contribution is 0.574. The number of rotatable bonds is 1. The van der Waals surface area contributed by atoms with Crippen molar-refractivity contribution in [3.8, 4) is 6.07 Å². The van der Waals surface area contributed by atoms with Crippen LogP contribution in [0.5, 0.6) is 0 Å². The molecule has 0 spiro atoms. The Morgan fingerprint density at radius 3 is 2.86 bits per heavy atom. The first-order valence-corrected chi connectivity index (χ1v) is 6.96. The predicted octanol–water partition coefficient (Wildman–Crippen LogP) is 0.698. The van der Waals surface area contributed by atoms with Crippen molar-refractivity contribution in [1.29, 1.82) is 5.26 Å². The molecule has 0 amide bonds. The highest BCUT2D eigenvalue weighted by molar-refractivity contribution is 5.93. The van der Waals surface area contributed by atoms with Gasteiger partial charge in [0.2, 0.25) is 5.95 Å². The van der Waals surface area contributed by atoms with E-state index in [0.717, 1.165) is 26.2 Å². The van der Waals surface area contributed by atoms with E-state index in [9.17, 15) is 4.39 Å². The van der Waals surface area contributed by atoms with Gasteiger partial charge in [0.15, 0.2) is 11.5 Å². The molecule has 0 radical (unpaired) electrons. The molecule has 1 aliphatic heterocycles. The lowest BCUT2D eigenvalue weighted by atomic mass is 10.1. The monoisotopic (exact) mass is 297 g/mol. The number of halogens is 1. The van der Waals surface area contributed by atoms with Gasteiger partial charge in [-0.1, -0.05) is 0 Å². The largest absolute Gasteiger partial charge is 0.338 e. The number of piperazine rings is 1. The number of aromatic nitrogens is 4. The Bertz CT molecular complexity index is 905. The summed E-state index contributed by atoms with van der Waals surface area (Å²) in [6.45, 7) is 3.22.